The fraction of sp³-hybridized carbons (Fsp3) is 0.353. The molecule has 13 heteroatoms. The van der Waals surface area contributed by atoms with E-state index in [1.54, 1.807) is 0 Å². The summed E-state index contributed by atoms with van der Waals surface area (Å²) < 4.78 is 62.7. The third kappa shape index (κ3) is 4.98. The number of hydrogen-bond donors (Lipinski definition) is 1. The zero-order valence-electron chi connectivity index (χ0n) is 15.9. The maximum Gasteiger partial charge on any atom is 0.340 e. The van der Waals surface area contributed by atoms with Crippen molar-refractivity contribution in [3.63, 3.8) is 0 Å². The SMILES string of the molecule is CN(C)S(=O)(=O)c1ccc(COC(=O)c2cc(S(=O)(=O)NC3CC3)c(Cl)cc2Cl)o1. The van der Waals surface area contributed by atoms with Crippen molar-refractivity contribution in [1.82, 2.24) is 9.03 Å². The highest BCUT2D eigenvalue weighted by Gasteiger charge is 2.30. The molecule has 0 amide bonds. The molecule has 0 radical (unpaired) electrons. The second-order valence-corrected chi connectivity index (χ2v) is 11.3. The predicted octanol–water partition coefficient (Wildman–Crippen LogP) is 2.63. The first-order valence-corrected chi connectivity index (χ1v) is 12.3. The molecular formula is C17H18Cl2N2O7S2. The molecule has 0 unspecified atom stereocenters. The van der Waals surface area contributed by atoms with Gasteiger partial charge in [0.25, 0.3) is 10.0 Å². The number of hydrogen-bond acceptors (Lipinski definition) is 7. The van der Waals surface area contributed by atoms with Crippen molar-refractivity contribution in [3.8, 4) is 0 Å². The van der Waals surface area contributed by atoms with Crippen molar-refractivity contribution < 1.29 is 30.8 Å². The van der Waals surface area contributed by atoms with Crippen LogP contribution in [0.1, 0.15) is 29.0 Å². The minimum absolute atomic E-state index is 0.0807. The molecule has 0 aliphatic heterocycles. The number of rotatable bonds is 8. The van der Waals surface area contributed by atoms with E-state index in [1.165, 1.54) is 26.2 Å². The molecule has 0 spiro atoms. The van der Waals surface area contributed by atoms with Crippen LogP contribution in [0.2, 0.25) is 10.0 Å². The molecule has 1 saturated carbocycles. The molecule has 0 bridgehead atoms. The lowest BCUT2D eigenvalue weighted by atomic mass is 10.2. The molecule has 2 aromatic rings. The summed E-state index contributed by atoms with van der Waals surface area (Å²) in [6.45, 7) is -0.386. The van der Waals surface area contributed by atoms with E-state index >= 15 is 0 Å². The highest BCUT2D eigenvalue weighted by atomic mass is 35.5. The number of ether oxygens (including phenoxy) is 1. The van der Waals surface area contributed by atoms with Crippen molar-refractivity contribution in [2.45, 2.75) is 35.5 Å². The Balaban J connectivity index is 1.77. The second kappa shape index (κ2) is 8.48. The third-order valence-corrected chi connectivity index (χ3v) is 8.13. The Hall–Kier alpha value is -1.63. The molecule has 30 heavy (non-hydrogen) atoms. The molecule has 0 saturated heterocycles. The zero-order chi connectivity index (χ0) is 22.3. The predicted molar refractivity (Wildman–Crippen MR) is 109 cm³/mol. The summed E-state index contributed by atoms with van der Waals surface area (Å²) in [6.07, 6.45) is 1.46. The van der Waals surface area contributed by atoms with Crippen LogP contribution in [-0.2, 0) is 31.4 Å². The summed E-state index contributed by atoms with van der Waals surface area (Å²) in [7, 11) is -4.99. The van der Waals surface area contributed by atoms with Gasteiger partial charge in [0, 0.05) is 20.1 Å². The maximum atomic E-state index is 12.5. The largest absolute Gasteiger partial charge is 0.454 e. The summed E-state index contributed by atoms with van der Waals surface area (Å²) in [5, 5.41) is -0.525. The number of benzene rings is 1. The molecule has 1 aliphatic carbocycles. The molecule has 1 N–H and O–H groups in total. The van der Waals surface area contributed by atoms with Gasteiger partial charge < -0.3 is 9.15 Å². The normalized spacial score (nSPS) is 14.8. The summed E-state index contributed by atoms with van der Waals surface area (Å²) in [6, 6.07) is 4.63. The standard InChI is InChI=1S/C17H18Cl2N2O7S2/c1-21(2)30(25,26)16-6-5-11(28-16)9-27-17(22)12-7-15(14(19)8-13(12)18)29(23,24)20-10-3-4-10/h5-8,10,20H,3-4,9H2,1-2H3. The molecule has 164 valence electrons. The monoisotopic (exact) mass is 496 g/mol. The molecule has 0 atom stereocenters. The maximum absolute atomic E-state index is 12.5. The molecular weight excluding hydrogens is 479 g/mol. The Kier molecular flexibility index (Phi) is 6.51. The topological polar surface area (TPSA) is 123 Å². The van der Waals surface area contributed by atoms with E-state index < -0.39 is 26.0 Å². The van der Waals surface area contributed by atoms with Crippen LogP contribution in [0.15, 0.2) is 38.7 Å². The lowest BCUT2D eigenvalue weighted by Gasteiger charge is -2.11. The van der Waals surface area contributed by atoms with E-state index in [9.17, 15) is 21.6 Å². The number of esters is 1. The van der Waals surface area contributed by atoms with Crippen LogP contribution < -0.4 is 4.72 Å². The van der Waals surface area contributed by atoms with Gasteiger partial charge in [0.2, 0.25) is 15.1 Å². The van der Waals surface area contributed by atoms with Gasteiger partial charge in [0.05, 0.1) is 15.6 Å². The molecule has 3 rings (SSSR count). The van der Waals surface area contributed by atoms with Gasteiger partial charge in [-0.15, -0.1) is 0 Å². The zero-order valence-corrected chi connectivity index (χ0v) is 19.0. The van der Waals surface area contributed by atoms with Gasteiger partial charge in [0.1, 0.15) is 17.3 Å². The Bertz CT molecular complexity index is 1190. The number of halogens is 2. The van der Waals surface area contributed by atoms with E-state index in [0.29, 0.717) is 0 Å². The van der Waals surface area contributed by atoms with Crippen molar-refractivity contribution in [1.29, 1.82) is 0 Å². The summed E-state index contributed by atoms with van der Waals surface area (Å²) >= 11 is 12.0. The van der Waals surface area contributed by atoms with Gasteiger partial charge in [-0.25, -0.2) is 30.7 Å². The van der Waals surface area contributed by atoms with E-state index in [2.05, 4.69) is 4.72 Å². The van der Waals surface area contributed by atoms with Crippen LogP contribution in [-0.4, -0.2) is 47.2 Å². The van der Waals surface area contributed by atoms with Gasteiger partial charge >= 0.3 is 5.97 Å². The number of furan rings is 1. The number of nitrogens with one attached hydrogen (secondary N) is 1. The van der Waals surface area contributed by atoms with Gasteiger partial charge in [-0.3, -0.25) is 0 Å². The van der Waals surface area contributed by atoms with Crippen LogP contribution in [0.4, 0.5) is 0 Å². The van der Waals surface area contributed by atoms with Crippen LogP contribution >= 0.6 is 23.2 Å². The molecule has 9 nitrogen and oxygen atoms in total. The highest BCUT2D eigenvalue weighted by molar-refractivity contribution is 7.89. The lowest BCUT2D eigenvalue weighted by molar-refractivity contribution is 0.0440. The van der Waals surface area contributed by atoms with Crippen molar-refractivity contribution >= 4 is 49.2 Å². The molecule has 1 heterocycles. The van der Waals surface area contributed by atoms with Crippen LogP contribution in [0.3, 0.4) is 0 Å². The third-order valence-electron chi connectivity index (χ3n) is 4.15. The highest BCUT2D eigenvalue weighted by Crippen LogP contribution is 2.31. The number of sulfonamides is 2. The average Bonchev–Trinajstić information content (AvgIpc) is 3.30. The Labute approximate surface area is 184 Å². The molecule has 1 aliphatic rings. The summed E-state index contributed by atoms with van der Waals surface area (Å²) in [4.78, 5) is 12.2. The van der Waals surface area contributed by atoms with E-state index in [4.69, 9.17) is 32.4 Å². The second-order valence-electron chi connectivity index (χ2n) is 6.74. The van der Waals surface area contributed by atoms with Crippen LogP contribution in [0.5, 0.6) is 0 Å². The summed E-state index contributed by atoms with van der Waals surface area (Å²) in [5.74, 6) is -0.843. The van der Waals surface area contributed by atoms with Gasteiger partial charge in [-0.2, -0.15) is 0 Å². The Morgan fingerprint density at radius 3 is 2.43 bits per heavy atom. The van der Waals surface area contributed by atoms with Gasteiger partial charge in [-0.1, -0.05) is 23.2 Å². The summed E-state index contributed by atoms with van der Waals surface area (Å²) in [5.41, 5.74) is -0.204. The van der Waals surface area contributed by atoms with E-state index in [1.807, 2.05) is 0 Å². The fourth-order valence-corrected chi connectivity index (χ4v) is 5.31. The molecule has 1 fully saturated rings. The number of nitrogens with zero attached hydrogens (tertiary/aromatic N) is 1. The molecule has 1 aromatic carbocycles. The first-order valence-electron chi connectivity index (χ1n) is 8.61. The number of carbonyl (C=O) groups is 1. The minimum atomic E-state index is -3.93. The lowest BCUT2D eigenvalue weighted by Crippen LogP contribution is -2.26. The average molecular weight is 497 g/mol. The first kappa shape index (κ1) is 23.0. The van der Waals surface area contributed by atoms with Crippen molar-refractivity contribution in [2.24, 2.45) is 0 Å². The smallest absolute Gasteiger partial charge is 0.340 e. The first-order chi connectivity index (χ1) is 13.9. The Morgan fingerprint density at radius 1 is 1.17 bits per heavy atom. The van der Waals surface area contributed by atoms with Gasteiger partial charge in [-0.05, 0) is 37.1 Å². The Morgan fingerprint density at radius 2 is 1.83 bits per heavy atom. The minimum Gasteiger partial charge on any atom is -0.454 e. The fourth-order valence-electron chi connectivity index (χ4n) is 2.34. The number of carbonyl (C=O) groups excluding carboxylic acids is 1. The van der Waals surface area contributed by atoms with Gasteiger partial charge in [0.15, 0.2) is 0 Å². The van der Waals surface area contributed by atoms with Crippen molar-refractivity contribution in [2.75, 3.05) is 14.1 Å². The van der Waals surface area contributed by atoms with Crippen molar-refractivity contribution in [3.05, 3.63) is 45.6 Å². The van der Waals surface area contributed by atoms with Crippen LogP contribution in [0.25, 0.3) is 0 Å². The molecule has 1 aromatic heterocycles. The van der Waals surface area contributed by atoms with Crippen LogP contribution in [0, 0.1) is 0 Å². The van der Waals surface area contributed by atoms with E-state index in [0.717, 1.165) is 29.3 Å². The quantitative estimate of drug-likeness (QED) is 0.557. The van der Waals surface area contributed by atoms with E-state index in [-0.39, 0.29) is 44.0 Å².